The zero-order chi connectivity index (χ0) is 17.6. The van der Waals surface area contributed by atoms with Gasteiger partial charge < -0.3 is 24.4 Å². The first-order chi connectivity index (χ1) is 11.9. The fraction of sp³-hybridized carbons (Fsp3) is 0.526. The third kappa shape index (κ3) is 3.12. The molecule has 2 aliphatic heterocycles. The van der Waals surface area contributed by atoms with Crippen molar-refractivity contribution < 1.29 is 14.6 Å². The number of nitrogens with zero attached hydrogens (tertiary/aromatic N) is 3. The SMILES string of the molecule is Cc1cc(N2CCC[C@@](O)(CN(C)C)C2)c2cc3c(cc2n1)OCO3. The summed E-state index contributed by atoms with van der Waals surface area (Å²) in [6, 6.07) is 6.06. The first kappa shape index (κ1) is 16.4. The number of piperidine rings is 1. The lowest BCUT2D eigenvalue weighted by atomic mass is 9.91. The topological polar surface area (TPSA) is 58.1 Å². The Hall–Kier alpha value is -2.05. The fourth-order valence-corrected chi connectivity index (χ4v) is 4.02. The number of benzene rings is 1. The Morgan fingerprint density at radius 2 is 2.00 bits per heavy atom. The van der Waals surface area contributed by atoms with Crippen molar-refractivity contribution in [1.82, 2.24) is 9.88 Å². The summed E-state index contributed by atoms with van der Waals surface area (Å²) in [4.78, 5) is 9.00. The molecule has 1 aromatic heterocycles. The molecule has 1 saturated heterocycles. The Kier molecular flexibility index (Phi) is 3.96. The van der Waals surface area contributed by atoms with E-state index in [0.717, 1.165) is 53.2 Å². The standard InChI is InChI=1S/C19H25N3O3/c1-13-7-16(22-6-4-5-19(23,11-22)10-21(2)3)14-8-17-18(25-12-24-17)9-15(14)20-13/h7-9,23H,4-6,10-12H2,1-3H3/t19-/m1/s1. The molecule has 1 aromatic carbocycles. The van der Waals surface area contributed by atoms with Gasteiger partial charge in [-0.3, -0.25) is 4.98 Å². The van der Waals surface area contributed by atoms with Gasteiger partial charge in [0, 0.05) is 42.5 Å². The number of aromatic nitrogens is 1. The Balaban J connectivity index is 1.75. The van der Waals surface area contributed by atoms with Crippen LogP contribution in [0.25, 0.3) is 10.9 Å². The van der Waals surface area contributed by atoms with E-state index in [1.54, 1.807) is 0 Å². The van der Waals surface area contributed by atoms with Crippen molar-refractivity contribution in [3.8, 4) is 11.5 Å². The zero-order valence-electron chi connectivity index (χ0n) is 15.1. The number of likely N-dealkylation sites (N-methyl/N-ethyl adjacent to an activating group) is 1. The van der Waals surface area contributed by atoms with Gasteiger partial charge in [0.05, 0.1) is 11.1 Å². The zero-order valence-corrected chi connectivity index (χ0v) is 15.1. The maximum Gasteiger partial charge on any atom is 0.231 e. The molecule has 1 atom stereocenters. The summed E-state index contributed by atoms with van der Waals surface area (Å²) in [6.07, 6.45) is 1.80. The molecule has 0 aliphatic carbocycles. The summed E-state index contributed by atoms with van der Waals surface area (Å²) < 4.78 is 11.0. The van der Waals surface area contributed by atoms with Crippen LogP contribution in [0, 0.1) is 6.92 Å². The average Bonchev–Trinajstić information content (AvgIpc) is 2.98. The van der Waals surface area contributed by atoms with E-state index >= 15 is 0 Å². The van der Waals surface area contributed by atoms with Crippen molar-refractivity contribution in [2.45, 2.75) is 25.4 Å². The Labute approximate surface area is 148 Å². The highest BCUT2D eigenvalue weighted by Crippen LogP contribution is 2.40. The summed E-state index contributed by atoms with van der Waals surface area (Å²) in [5.74, 6) is 1.51. The smallest absolute Gasteiger partial charge is 0.231 e. The monoisotopic (exact) mass is 343 g/mol. The fourth-order valence-electron chi connectivity index (χ4n) is 4.02. The first-order valence-electron chi connectivity index (χ1n) is 8.77. The van der Waals surface area contributed by atoms with Gasteiger partial charge in [-0.2, -0.15) is 0 Å². The lowest BCUT2D eigenvalue weighted by molar-refractivity contribution is 0.00376. The third-order valence-electron chi connectivity index (χ3n) is 4.92. The Bertz CT molecular complexity index is 808. The molecular formula is C19H25N3O3. The number of pyridine rings is 1. The number of aryl methyl sites for hydroxylation is 1. The van der Waals surface area contributed by atoms with E-state index < -0.39 is 5.60 Å². The minimum Gasteiger partial charge on any atom is -0.454 e. The minimum absolute atomic E-state index is 0.256. The average molecular weight is 343 g/mol. The molecular weight excluding hydrogens is 318 g/mol. The van der Waals surface area contributed by atoms with Gasteiger partial charge in [0.25, 0.3) is 0 Å². The summed E-state index contributed by atoms with van der Waals surface area (Å²) in [5, 5.41) is 12.1. The molecule has 2 aliphatic rings. The summed E-state index contributed by atoms with van der Waals surface area (Å²) in [6.45, 7) is 4.48. The second kappa shape index (κ2) is 6.04. The van der Waals surface area contributed by atoms with Crippen LogP contribution in [-0.2, 0) is 0 Å². The number of hydrogen-bond donors (Lipinski definition) is 1. The number of rotatable bonds is 3. The molecule has 0 spiro atoms. The highest BCUT2D eigenvalue weighted by Gasteiger charge is 2.34. The van der Waals surface area contributed by atoms with Crippen LogP contribution >= 0.6 is 0 Å². The van der Waals surface area contributed by atoms with Crippen LogP contribution < -0.4 is 14.4 Å². The van der Waals surface area contributed by atoms with Crippen molar-refractivity contribution in [2.75, 3.05) is 45.4 Å². The summed E-state index contributed by atoms with van der Waals surface area (Å²) in [5.41, 5.74) is 2.28. The molecule has 1 fully saturated rings. The minimum atomic E-state index is -0.693. The second-order valence-electron chi connectivity index (χ2n) is 7.49. The van der Waals surface area contributed by atoms with E-state index in [0.29, 0.717) is 13.1 Å². The first-order valence-corrected chi connectivity index (χ1v) is 8.77. The van der Waals surface area contributed by atoms with Gasteiger partial charge in [0.15, 0.2) is 11.5 Å². The summed E-state index contributed by atoms with van der Waals surface area (Å²) in [7, 11) is 4.01. The number of aliphatic hydroxyl groups is 1. The number of fused-ring (bicyclic) bond motifs is 2. The highest BCUT2D eigenvalue weighted by molar-refractivity contribution is 5.94. The van der Waals surface area contributed by atoms with Crippen LogP contribution in [0.3, 0.4) is 0 Å². The molecule has 1 N–H and O–H groups in total. The van der Waals surface area contributed by atoms with Crippen LogP contribution in [0.2, 0.25) is 0 Å². The number of ether oxygens (including phenoxy) is 2. The van der Waals surface area contributed by atoms with Crippen molar-refractivity contribution in [1.29, 1.82) is 0 Å². The molecule has 0 amide bonds. The van der Waals surface area contributed by atoms with Crippen LogP contribution in [0.1, 0.15) is 18.5 Å². The molecule has 4 rings (SSSR count). The van der Waals surface area contributed by atoms with E-state index in [-0.39, 0.29) is 6.79 Å². The number of anilines is 1. The Morgan fingerprint density at radius 1 is 1.24 bits per heavy atom. The summed E-state index contributed by atoms with van der Waals surface area (Å²) >= 11 is 0. The van der Waals surface area contributed by atoms with Crippen molar-refractivity contribution >= 4 is 16.6 Å². The number of hydrogen-bond acceptors (Lipinski definition) is 6. The predicted molar refractivity (Wildman–Crippen MR) is 97.6 cm³/mol. The van der Waals surface area contributed by atoms with E-state index in [2.05, 4.69) is 20.9 Å². The molecule has 2 aromatic rings. The van der Waals surface area contributed by atoms with Gasteiger partial charge in [-0.15, -0.1) is 0 Å². The van der Waals surface area contributed by atoms with Crippen LogP contribution in [-0.4, -0.2) is 61.1 Å². The molecule has 6 nitrogen and oxygen atoms in total. The molecule has 0 radical (unpaired) electrons. The quantitative estimate of drug-likeness (QED) is 0.922. The van der Waals surface area contributed by atoms with Gasteiger partial charge in [0.1, 0.15) is 0 Å². The van der Waals surface area contributed by atoms with Crippen LogP contribution in [0.4, 0.5) is 5.69 Å². The second-order valence-corrected chi connectivity index (χ2v) is 7.49. The molecule has 25 heavy (non-hydrogen) atoms. The van der Waals surface area contributed by atoms with Crippen molar-refractivity contribution in [2.24, 2.45) is 0 Å². The van der Waals surface area contributed by atoms with Gasteiger partial charge in [-0.25, -0.2) is 0 Å². The van der Waals surface area contributed by atoms with E-state index in [1.165, 1.54) is 0 Å². The van der Waals surface area contributed by atoms with Crippen LogP contribution in [0.15, 0.2) is 18.2 Å². The predicted octanol–water partition coefficient (Wildman–Crippen LogP) is 2.16. The number of β-amino-alcohol motifs (C(OH)–C–C–N with tert-alkyl or cyclic N) is 1. The normalized spacial score (nSPS) is 22.8. The molecule has 134 valence electrons. The van der Waals surface area contributed by atoms with Crippen molar-refractivity contribution in [3.05, 3.63) is 23.9 Å². The maximum atomic E-state index is 11.0. The van der Waals surface area contributed by atoms with E-state index in [1.807, 2.05) is 33.2 Å². The third-order valence-corrected chi connectivity index (χ3v) is 4.92. The highest BCUT2D eigenvalue weighted by atomic mass is 16.7. The maximum absolute atomic E-state index is 11.0. The lowest BCUT2D eigenvalue weighted by Gasteiger charge is -2.42. The van der Waals surface area contributed by atoms with Crippen molar-refractivity contribution in [3.63, 3.8) is 0 Å². The molecule has 3 heterocycles. The van der Waals surface area contributed by atoms with Crippen LogP contribution in [0.5, 0.6) is 11.5 Å². The molecule has 6 heteroatoms. The lowest BCUT2D eigenvalue weighted by Crippen LogP contribution is -2.53. The van der Waals surface area contributed by atoms with E-state index in [9.17, 15) is 5.11 Å². The largest absolute Gasteiger partial charge is 0.454 e. The molecule has 0 saturated carbocycles. The van der Waals surface area contributed by atoms with E-state index in [4.69, 9.17) is 9.47 Å². The molecule has 0 unspecified atom stereocenters. The van der Waals surface area contributed by atoms with Gasteiger partial charge in [0.2, 0.25) is 6.79 Å². The van der Waals surface area contributed by atoms with Gasteiger partial charge >= 0.3 is 0 Å². The molecule has 0 bridgehead atoms. The van der Waals surface area contributed by atoms with Gasteiger partial charge in [-0.05, 0) is 46.0 Å². The Morgan fingerprint density at radius 3 is 2.76 bits per heavy atom. The van der Waals surface area contributed by atoms with Gasteiger partial charge in [-0.1, -0.05) is 0 Å².